The molecule has 0 saturated carbocycles. The summed E-state index contributed by atoms with van der Waals surface area (Å²) in [7, 11) is 0. The van der Waals surface area contributed by atoms with E-state index in [9.17, 15) is 24.6 Å². The van der Waals surface area contributed by atoms with Gasteiger partial charge in [-0.15, -0.1) is 0 Å². The van der Waals surface area contributed by atoms with Crippen molar-refractivity contribution in [2.75, 3.05) is 0 Å². The van der Waals surface area contributed by atoms with Crippen molar-refractivity contribution in [1.29, 1.82) is 0 Å². The second-order valence-corrected chi connectivity index (χ2v) is 2.48. The molecule has 6 heteroatoms. The van der Waals surface area contributed by atoms with Gasteiger partial charge >= 0.3 is 0 Å². The Morgan fingerprint density at radius 2 is 1.85 bits per heavy atom. The Morgan fingerprint density at radius 3 is 2.15 bits per heavy atom. The van der Waals surface area contributed by atoms with Gasteiger partial charge in [0.05, 0.1) is 12.0 Å². The lowest BCUT2D eigenvalue weighted by atomic mass is 10.1. The van der Waals surface area contributed by atoms with E-state index in [1.165, 1.54) is 0 Å². The molecule has 0 spiro atoms. The number of carbonyl (C=O) groups excluding carboxylic acids is 3. The Morgan fingerprint density at radius 1 is 1.31 bits per heavy atom. The molecule has 0 aliphatic carbocycles. The molecule has 0 bridgehead atoms. The van der Waals surface area contributed by atoms with Gasteiger partial charge in [0.25, 0.3) is 0 Å². The summed E-state index contributed by atoms with van der Waals surface area (Å²) < 4.78 is 0. The van der Waals surface area contributed by atoms with E-state index in [2.05, 4.69) is 0 Å². The van der Waals surface area contributed by atoms with Crippen molar-refractivity contribution >= 4 is 17.8 Å². The lowest BCUT2D eigenvalue weighted by Gasteiger charge is -2.18. The second kappa shape index (κ2) is 5.13. The molecular formula is C7H9NO5-2. The Balaban J connectivity index is 4.02. The smallest absolute Gasteiger partial charge is 0.217 e. The minimum absolute atomic E-state index is 0.232. The number of carbonyl (C=O) groups is 3. The first-order valence-electron chi connectivity index (χ1n) is 3.61. The fourth-order valence-corrected chi connectivity index (χ4v) is 0.756. The average molecular weight is 187 g/mol. The molecule has 0 aromatic heterocycles. The summed E-state index contributed by atoms with van der Waals surface area (Å²) in [6, 6.07) is -1.27. The van der Waals surface area contributed by atoms with Crippen LogP contribution in [0.4, 0.5) is 0 Å². The van der Waals surface area contributed by atoms with Crippen molar-refractivity contribution in [3.63, 3.8) is 0 Å². The van der Waals surface area contributed by atoms with Gasteiger partial charge in [0.2, 0.25) is 5.91 Å². The maximum atomic E-state index is 10.4. The van der Waals surface area contributed by atoms with Crippen LogP contribution in [0.15, 0.2) is 0 Å². The quantitative estimate of drug-likeness (QED) is 0.486. The Hall–Kier alpha value is -1.59. The zero-order valence-corrected chi connectivity index (χ0v) is 7.03. The number of carboxylic acids is 2. The molecule has 0 rings (SSSR count). The van der Waals surface area contributed by atoms with Gasteiger partial charge in [-0.05, 0) is 12.8 Å². The van der Waals surface area contributed by atoms with Gasteiger partial charge in [-0.3, -0.25) is 4.79 Å². The molecule has 1 amide bonds. The maximum absolute atomic E-state index is 10.4. The highest BCUT2D eigenvalue weighted by Gasteiger charge is 2.10. The first-order chi connectivity index (χ1) is 5.93. The lowest BCUT2D eigenvalue weighted by molar-refractivity contribution is -0.310. The topological polar surface area (TPSA) is 109 Å². The van der Waals surface area contributed by atoms with E-state index < -0.39 is 30.3 Å². The van der Waals surface area contributed by atoms with Gasteiger partial charge in [-0.2, -0.15) is 0 Å². The highest BCUT2D eigenvalue weighted by Crippen LogP contribution is 1.95. The number of amides is 1. The van der Waals surface area contributed by atoms with Crippen molar-refractivity contribution in [2.24, 2.45) is 0 Å². The molecule has 0 heterocycles. The molecule has 0 saturated heterocycles. The Bertz CT molecular complexity index is 225. The fourth-order valence-electron chi connectivity index (χ4n) is 0.756. The summed E-state index contributed by atoms with van der Waals surface area (Å²) in [6.07, 6.45) is -0.664. The van der Waals surface area contributed by atoms with Gasteiger partial charge in [-0.25, -0.2) is 0 Å². The zero-order valence-electron chi connectivity index (χ0n) is 7.03. The molecule has 0 aliphatic heterocycles. The number of carboxylic acid groups (broad SMARTS) is 2. The molecular weight excluding hydrogens is 178 g/mol. The molecule has 0 fully saturated rings. The number of nitrogens with one attached hydrogen (secondary N) is 1. The third-order valence-electron chi connectivity index (χ3n) is 1.30. The van der Waals surface area contributed by atoms with Crippen LogP contribution in [0.1, 0.15) is 19.8 Å². The van der Waals surface area contributed by atoms with Crippen LogP contribution >= 0.6 is 0 Å². The highest BCUT2D eigenvalue weighted by atomic mass is 16.4. The monoisotopic (exact) mass is 187 g/mol. The molecule has 1 N–H and O–H groups in total. The first-order valence-corrected chi connectivity index (χ1v) is 3.61. The van der Waals surface area contributed by atoms with Gasteiger partial charge < -0.3 is 25.1 Å². The van der Waals surface area contributed by atoms with Gasteiger partial charge in [0, 0.05) is 12.9 Å². The van der Waals surface area contributed by atoms with Crippen LogP contribution in [0.5, 0.6) is 0 Å². The average Bonchev–Trinajstić information content (AvgIpc) is 1.96. The van der Waals surface area contributed by atoms with Crippen molar-refractivity contribution < 1.29 is 24.6 Å². The molecule has 74 valence electrons. The molecule has 0 radical (unpaired) electrons. The summed E-state index contributed by atoms with van der Waals surface area (Å²) in [5.41, 5.74) is 0. The van der Waals surface area contributed by atoms with Crippen LogP contribution < -0.4 is 15.5 Å². The summed E-state index contributed by atoms with van der Waals surface area (Å²) in [4.78, 5) is 30.7. The lowest BCUT2D eigenvalue weighted by Crippen LogP contribution is -2.47. The highest BCUT2D eigenvalue weighted by molar-refractivity contribution is 5.81. The second-order valence-electron chi connectivity index (χ2n) is 2.48. The van der Waals surface area contributed by atoms with Crippen LogP contribution in [0, 0.1) is 0 Å². The third-order valence-corrected chi connectivity index (χ3v) is 1.30. The normalized spacial score (nSPS) is 11.8. The summed E-state index contributed by atoms with van der Waals surface area (Å²) in [5, 5.41) is 22.3. The molecule has 1 atom stereocenters. The van der Waals surface area contributed by atoms with Crippen LogP contribution in [0.25, 0.3) is 0 Å². The van der Waals surface area contributed by atoms with Gasteiger partial charge in [0.15, 0.2) is 0 Å². The molecule has 0 aliphatic rings. The number of hydrogen-bond donors (Lipinski definition) is 1. The number of hydrogen-bond acceptors (Lipinski definition) is 5. The summed E-state index contributed by atoms with van der Waals surface area (Å²) in [6.45, 7) is 1.13. The van der Waals surface area contributed by atoms with E-state index in [1.807, 2.05) is 5.32 Å². The van der Waals surface area contributed by atoms with Gasteiger partial charge in [0.1, 0.15) is 0 Å². The maximum Gasteiger partial charge on any atom is 0.217 e. The van der Waals surface area contributed by atoms with Crippen LogP contribution in [-0.2, 0) is 14.4 Å². The first kappa shape index (κ1) is 11.4. The molecule has 6 nitrogen and oxygen atoms in total. The number of aliphatic carboxylic acids is 2. The van der Waals surface area contributed by atoms with E-state index >= 15 is 0 Å². The molecule has 0 unspecified atom stereocenters. The predicted molar refractivity (Wildman–Crippen MR) is 36.9 cm³/mol. The van der Waals surface area contributed by atoms with Crippen LogP contribution in [0.3, 0.4) is 0 Å². The van der Waals surface area contributed by atoms with Crippen molar-refractivity contribution in [3.05, 3.63) is 0 Å². The van der Waals surface area contributed by atoms with E-state index in [4.69, 9.17) is 0 Å². The zero-order chi connectivity index (χ0) is 10.4. The van der Waals surface area contributed by atoms with E-state index in [-0.39, 0.29) is 6.42 Å². The van der Waals surface area contributed by atoms with Crippen molar-refractivity contribution in [3.8, 4) is 0 Å². The summed E-state index contributed by atoms with van der Waals surface area (Å²) in [5.74, 6) is -3.42. The minimum Gasteiger partial charge on any atom is -0.550 e. The SMILES string of the molecule is CC(=O)N[C@H](CCC(=O)[O-])C(=O)[O-]. The summed E-state index contributed by atoms with van der Waals surface area (Å²) >= 11 is 0. The van der Waals surface area contributed by atoms with E-state index in [0.29, 0.717) is 0 Å². The van der Waals surface area contributed by atoms with Crippen molar-refractivity contribution in [2.45, 2.75) is 25.8 Å². The third kappa shape index (κ3) is 5.66. The largest absolute Gasteiger partial charge is 0.550 e. The Labute approximate surface area is 74.6 Å². The standard InChI is InChI=1S/C7H11NO5/c1-4(9)8-5(7(12)13)2-3-6(10)11/h5H,2-3H2,1H3,(H,8,9)(H,10,11)(H,12,13)/p-2/t5-/m1/s1. The van der Waals surface area contributed by atoms with E-state index in [0.717, 1.165) is 6.92 Å². The fraction of sp³-hybridized carbons (Fsp3) is 0.571. The predicted octanol–water partition coefficient (Wildman–Crippen LogP) is -3.23. The van der Waals surface area contributed by atoms with E-state index in [1.54, 1.807) is 0 Å². The number of rotatable bonds is 5. The van der Waals surface area contributed by atoms with Crippen molar-refractivity contribution in [1.82, 2.24) is 5.32 Å². The van der Waals surface area contributed by atoms with Gasteiger partial charge in [-0.1, -0.05) is 0 Å². The Kier molecular flexibility index (Phi) is 4.50. The van der Waals surface area contributed by atoms with Crippen LogP contribution in [-0.4, -0.2) is 23.9 Å². The molecule has 13 heavy (non-hydrogen) atoms. The molecule has 0 aromatic carbocycles. The minimum atomic E-state index is -1.50. The molecule has 0 aromatic rings. The van der Waals surface area contributed by atoms with Crippen LogP contribution in [0.2, 0.25) is 0 Å².